The van der Waals surface area contributed by atoms with E-state index in [0.29, 0.717) is 6.04 Å². The Hall–Kier alpha value is -1.33. The molecule has 1 atom stereocenters. The van der Waals surface area contributed by atoms with Gasteiger partial charge in [0.05, 0.1) is 6.54 Å². The molecule has 0 unspecified atom stereocenters. The highest BCUT2D eigenvalue weighted by molar-refractivity contribution is 7.98. The maximum Gasteiger partial charge on any atom is 0.191 e. The Labute approximate surface area is 117 Å². The van der Waals surface area contributed by atoms with Gasteiger partial charge in [0.15, 0.2) is 11.0 Å². The van der Waals surface area contributed by atoms with E-state index < -0.39 is 0 Å². The van der Waals surface area contributed by atoms with Crippen LogP contribution in [-0.4, -0.2) is 21.3 Å². The summed E-state index contributed by atoms with van der Waals surface area (Å²) in [5.74, 6) is 2.06. The van der Waals surface area contributed by atoms with Gasteiger partial charge in [0.2, 0.25) is 0 Å². The summed E-state index contributed by atoms with van der Waals surface area (Å²) in [5.41, 5.74) is 1.32. The molecule has 1 aromatic carbocycles. The van der Waals surface area contributed by atoms with Gasteiger partial charge in [-0.25, -0.2) is 0 Å². The number of thioether (sulfide) groups is 1. The van der Waals surface area contributed by atoms with E-state index in [-0.39, 0.29) is 0 Å². The Morgan fingerprint density at radius 1 is 1.32 bits per heavy atom. The van der Waals surface area contributed by atoms with Crippen LogP contribution < -0.4 is 5.32 Å². The van der Waals surface area contributed by atoms with Gasteiger partial charge in [-0.3, -0.25) is 0 Å². The Balaban J connectivity index is 1.68. The lowest BCUT2D eigenvalue weighted by atomic mass is 10.2. The molecule has 1 aromatic heterocycles. The highest BCUT2D eigenvalue weighted by Crippen LogP contribution is 2.23. The van der Waals surface area contributed by atoms with Crippen LogP contribution in [0.4, 0.5) is 0 Å². The summed E-state index contributed by atoms with van der Waals surface area (Å²) in [6, 6.07) is 11.0. The number of hydrogen-bond donors (Lipinski definition) is 1. The summed E-state index contributed by atoms with van der Waals surface area (Å²) in [7, 11) is 2.08. The van der Waals surface area contributed by atoms with Crippen molar-refractivity contribution in [1.82, 2.24) is 14.8 Å². The minimum Gasteiger partial charge on any atom is -0.337 e. The van der Waals surface area contributed by atoms with Gasteiger partial charge < -0.3 is 9.88 Å². The second-order valence-electron chi connectivity index (χ2n) is 4.95. The lowest BCUT2D eigenvalue weighted by molar-refractivity contribution is -0.677. The van der Waals surface area contributed by atoms with Crippen LogP contribution in [0.15, 0.2) is 35.5 Å². The van der Waals surface area contributed by atoms with Crippen molar-refractivity contribution in [2.75, 3.05) is 6.54 Å². The SMILES string of the molecule is Cn1c(SCc2ccccc2)nnc1[C@@H]1CCC[NH2+]1. The molecule has 1 aliphatic rings. The minimum absolute atomic E-state index is 0.503. The van der Waals surface area contributed by atoms with E-state index in [1.54, 1.807) is 11.8 Å². The Bertz CT molecular complexity index is 532. The quantitative estimate of drug-likeness (QED) is 0.860. The first kappa shape index (κ1) is 12.7. The average Bonchev–Trinajstić information content (AvgIpc) is 3.07. The van der Waals surface area contributed by atoms with Crippen molar-refractivity contribution < 1.29 is 5.32 Å². The lowest BCUT2D eigenvalue weighted by Gasteiger charge is -2.07. The predicted molar refractivity (Wildman–Crippen MR) is 75.8 cm³/mol. The van der Waals surface area contributed by atoms with Crippen LogP contribution in [0.1, 0.15) is 30.3 Å². The van der Waals surface area contributed by atoms with Gasteiger partial charge in [-0.05, 0) is 5.56 Å². The van der Waals surface area contributed by atoms with E-state index in [2.05, 4.69) is 51.4 Å². The molecule has 5 heteroatoms. The summed E-state index contributed by atoms with van der Waals surface area (Å²) in [6.45, 7) is 1.21. The number of hydrogen-bond acceptors (Lipinski definition) is 3. The van der Waals surface area contributed by atoms with Crippen molar-refractivity contribution in [1.29, 1.82) is 0 Å². The molecule has 100 valence electrons. The van der Waals surface area contributed by atoms with Crippen molar-refractivity contribution in [2.45, 2.75) is 29.8 Å². The van der Waals surface area contributed by atoms with Gasteiger partial charge in [-0.15, -0.1) is 10.2 Å². The van der Waals surface area contributed by atoms with Crippen molar-refractivity contribution in [3.05, 3.63) is 41.7 Å². The average molecular weight is 275 g/mol. The van der Waals surface area contributed by atoms with Crippen LogP contribution >= 0.6 is 11.8 Å². The Morgan fingerprint density at radius 3 is 2.89 bits per heavy atom. The molecule has 0 radical (unpaired) electrons. The molecule has 4 nitrogen and oxygen atoms in total. The van der Waals surface area contributed by atoms with E-state index in [4.69, 9.17) is 0 Å². The van der Waals surface area contributed by atoms with E-state index in [9.17, 15) is 0 Å². The molecular weight excluding hydrogens is 256 g/mol. The zero-order chi connectivity index (χ0) is 13.1. The number of nitrogens with zero attached hydrogens (tertiary/aromatic N) is 3. The standard InChI is InChI=1S/C14H18N4S/c1-18-13(12-8-5-9-15-12)16-17-14(18)19-10-11-6-3-2-4-7-11/h2-4,6-7,12,15H,5,8-10H2,1H3/p+1/t12-/m0/s1. The molecule has 19 heavy (non-hydrogen) atoms. The topological polar surface area (TPSA) is 47.3 Å². The predicted octanol–water partition coefficient (Wildman–Crippen LogP) is 1.51. The Kier molecular flexibility index (Phi) is 3.84. The highest BCUT2D eigenvalue weighted by Gasteiger charge is 2.26. The number of nitrogens with two attached hydrogens (primary N) is 1. The largest absolute Gasteiger partial charge is 0.337 e. The maximum atomic E-state index is 4.37. The molecular formula is C14H19N4S+. The third-order valence-electron chi connectivity index (χ3n) is 3.58. The van der Waals surface area contributed by atoms with Crippen molar-refractivity contribution in [3.63, 3.8) is 0 Å². The van der Waals surface area contributed by atoms with Gasteiger partial charge in [0, 0.05) is 25.6 Å². The van der Waals surface area contributed by atoms with Crippen molar-refractivity contribution >= 4 is 11.8 Å². The first-order valence-electron chi connectivity index (χ1n) is 6.74. The summed E-state index contributed by atoms with van der Waals surface area (Å²) >= 11 is 1.76. The molecule has 0 bridgehead atoms. The van der Waals surface area contributed by atoms with E-state index in [1.165, 1.54) is 24.9 Å². The maximum absolute atomic E-state index is 4.37. The first-order chi connectivity index (χ1) is 9.34. The molecule has 0 spiro atoms. The van der Waals surface area contributed by atoms with Gasteiger partial charge in [-0.1, -0.05) is 42.1 Å². The van der Waals surface area contributed by atoms with Gasteiger partial charge in [0.1, 0.15) is 6.04 Å². The second-order valence-corrected chi connectivity index (χ2v) is 5.89. The molecule has 3 rings (SSSR count). The normalized spacial score (nSPS) is 18.9. The summed E-state index contributed by atoms with van der Waals surface area (Å²) in [4.78, 5) is 0. The fourth-order valence-corrected chi connectivity index (χ4v) is 3.38. The summed E-state index contributed by atoms with van der Waals surface area (Å²) < 4.78 is 2.15. The van der Waals surface area contributed by atoms with Crippen molar-refractivity contribution in [3.8, 4) is 0 Å². The van der Waals surface area contributed by atoms with Crippen LogP contribution in [0.2, 0.25) is 0 Å². The Morgan fingerprint density at radius 2 is 2.16 bits per heavy atom. The molecule has 0 saturated carbocycles. The van der Waals surface area contributed by atoms with E-state index in [0.717, 1.165) is 16.7 Å². The lowest BCUT2D eigenvalue weighted by Crippen LogP contribution is -2.82. The van der Waals surface area contributed by atoms with Crippen LogP contribution in [-0.2, 0) is 12.8 Å². The van der Waals surface area contributed by atoms with Gasteiger partial charge in [0.25, 0.3) is 0 Å². The fraction of sp³-hybridized carbons (Fsp3) is 0.429. The van der Waals surface area contributed by atoms with Gasteiger partial charge in [-0.2, -0.15) is 0 Å². The molecule has 1 fully saturated rings. The molecule has 2 N–H and O–H groups in total. The monoisotopic (exact) mass is 275 g/mol. The minimum atomic E-state index is 0.503. The van der Waals surface area contributed by atoms with E-state index >= 15 is 0 Å². The molecule has 1 aliphatic heterocycles. The second kappa shape index (κ2) is 5.75. The molecule has 2 heterocycles. The third kappa shape index (κ3) is 2.82. The van der Waals surface area contributed by atoms with Gasteiger partial charge >= 0.3 is 0 Å². The number of benzene rings is 1. The molecule has 0 aliphatic carbocycles. The molecule has 2 aromatic rings. The third-order valence-corrected chi connectivity index (χ3v) is 4.67. The van der Waals surface area contributed by atoms with Crippen LogP contribution in [0.3, 0.4) is 0 Å². The fourth-order valence-electron chi connectivity index (χ4n) is 2.51. The zero-order valence-corrected chi connectivity index (χ0v) is 11.9. The zero-order valence-electron chi connectivity index (χ0n) is 11.1. The summed E-state index contributed by atoms with van der Waals surface area (Å²) in [6.07, 6.45) is 2.50. The first-order valence-corrected chi connectivity index (χ1v) is 7.72. The van der Waals surface area contributed by atoms with Crippen LogP contribution in [0.5, 0.6) is 0 Å². The summed E-state index contributed by atoms with van der Waals surface area (Å²) in [5, 5.41) is 12.1. The number of aromatic nitrogens is 3. The molecule has 0 amide bonds. The van der Waals surface area contributed by atoms with Crippen LogP contribution in [0, 0.1) is 0 Å². The van der Waals surface area contributed by atoms with Crippen molar-refractivity contribution in [2.24, 2.45) is 7.05 Å². The smallest absolute Gasteiger partial charge is 0.191 e. The number of rotatable bonds is 4. The highest BCUT2D eigenvalue weighted by atomic mass is 32.2. The molecule has 1 saturated heterocycles. The van der Waals surface area contributed by atoms with E-state index in [1.807, 2.05) is 6.07 Å². The van der Waals surface area contributed by atoms with Crippen LogP contribution in [0.25, 0.3) is 0 Å². The number of quaternary nitrogens is 1.